The molecular formula is C12H19ClFN3O3S. The molecule has 1 amide bonds. The number of hydrogen-bond acceptors (Lipinski definition) is 4. The second-order valence-corrected chi connectivity index (χ2v) is 5.85. The third-order valence-corrected chi connectivity index (χ3v) is 4.10. The second-order valence-electron chi connectivity index (χ2n) is 4.17. The molecule has 1 rings (SSSR count). The number of benzene rings is 1. The quantitative estimate of drug-likeness (QED) is 0.621. The Hall–Kier alpha value is -1.22. The van der Waals surface area contributed by atoms with Crippen molar-refractivity contribution in [3.8, 4) is 0 Å². The molecule has 0 radical (unpaired) electrons. The minimum Gasteiger partial charge on any atom is -0.353 e. The summed E-state index contributed by atoms with van der Waals surface area (Å²) in [5.41, 5.74) is 0. The van der Waals surface area contributed by atoms with Gasteiger partial charge in [-0.05, 0) is 26.1 Å². The lowest BCUT2D eigenvalue weighted by molar-refractivity contribution is -0.122. The van der Waals surface area contributed by atoms with Crippen LogP contribution in [0.2, 0.25) is 0 Å². The zero-order valence-corrected chi connectivity index (χ0v) is 13.4. The predicted molar refractivity (Wildman–Crippen MR) is 80.4 cm³/mol. The van der Waals surface area contributed by atoms with Crippen molar-refractivity contribution in [1.29, 1.82) is 0 Å². The first-order valence-corrected chi connectivity index (χ1v) is 7.56. The van der Waals surface area contributed by atoms with Crippen molar-refractivity contribution in [2.24, 2.45) is 0 Å². The third kappa shape index (κ3) is 5.96. The summed E-state index contributed by atoms with van der Waals surface area (Å²) in [5, 5.41) is 5.39. The maximum absolute atomic E-state index is 13.5. The van der Waals surface area contributed by atoms with Crippen LogP contribution in [0.15, 0.2) is 29.2 Å². The Balaban J connectivity index is 0.00000400. The second kappa shape index (κ2) is 8.93. The van der Waals surface area contributed by atoms with Crippen LogP contribution in [0, 0.1) is 5.82 Å². The first kappa shape index (κ1) is 19.8. The molecule has 6 nitrogen and oxygen atoms in total. The van der Waals surface area contributed by atoms with Gasteiger partial charge in [-0.15, -0.1) is 12.4 Å². The molecule has 0 fully saturated rings. The van der Waals surface area contributed by atoms with E-state index in [1.54, 1.807) is 7.05 Å². The average molecular weight is 340 g/mol. The molecule has 0 aliphatic heterocycles. The summed E-state index contributed by atoms with van der Waals surface area (Å²) in [5.74, 6) is -1.33. The average Bonchev–Trinajstić information content (AvgIpc) is 2.38. The topological polar surface area (TPSA) is 87.3 Å². The lowest BCUT2D eigenvalue weighted by Gasteiger charge is -2.14. The van der Waals surface area contributed by atoms with Crippen molar-refractivity contribution in [2.75, 3.05) is 20.1 Å². The van der Waals surface area contributed by atoms with Crippen LogP contribution in [-0.4, -0.2) is 40.5 Å². The maximum Gasteiger partial charge on any atom is 0.244 e. The molecule has 9 heteroatoms. The van der Waals surface area contributed by atoms with Crippen molar-refractivity contribution in [2.45, 2.75) is 17.9 Å². The van der Waals surface area contributed by atoms with Crippen LogP contribution in [0.5, 0.6) is 0 Å². The van der Waals surface area contributed by atoms with Crippen LogP contribution in [0.4, 0.5) is 4.39 Å². The number of halogens is 2. The number of carbonyl (C=O) groups excluding carboxylic acids is 1. The van der Waals surface area contributed by atoms with Crippen molar-refractivity contribution in [3.05, 3.63) is 30.1 Å². The van der Waals surface area contributed by atoms with E-state index in [4.69, 9.17) is 0 Å². The highest BCUT2D eigenvalue weighted by Gasteiger charge is 2.24. The summed E-state index contributed by atoms with van der Waals surface area (Å²) in [7, 11) is -2.33. The summed E-state index contributed by atoms with van der Waals surface area (Å²) in [6.45, 7) is 2.34. The molecule has 21 heavy (non-hydrogen) atoms. The highest BCUT2D eigenvalue weighted by Crippen LogP contribution is 2.13. The van der Waals surface area contributed by atoms with Gasteiger partial charge in [0.1, 0.15) is 10.7 Å². The van der Waals surface area contributed by atoms with Gasteiger partial charge in [0.2, 0.25) is 15.9 Å². The minimum atomic E-state index is -4.07. The number of sulfonamides is 1. The lowest BCUT2D eigenvalue weighted by Crippen LogP contribution is -2.46. The number of rotatable bonds is 7. The molecule has 1 unspecified atom stereocenters. The molecule has 0 aromatic heterocycles. The lowest BCUT2D eigenvalue weighted by atomic mass is 10.3. The van der Waals surface area contributed by atoms with Gasteiger partial charge in [0.25, 0.3) is 0 Å². The summed E-state index contributed by atoms with van der Waals surface area (Å²) in [6, 6.07) is 4.00. The SMILES string of the molecule is CNCCNC(=O)C(C)NS(=O)(=O)c1ccccc1F.Cl. The number of nitrogens with one attached hydrogen (secondary N) is 3. The van der Waals surface area contributed by atoms with Gasteiger partial charge in [0, 0.05) is 13.1 Å². The Kier molecular flexibility index (Phi) is 8.41. The standard InChI is InChI=1S/C12H18FN3O3S.ClH/c1-9(12(17)15-8-7-14-2)16-20(18,19)11-6-4-3-5-10(11)13;/h3-6,9,14,16H,7-8H2,1-2H3,(H,15,17);1H. The van der Waals surface area contributed by atoms with E-state index in [0.717, 1.165) is 12.1 Å². The van der Waals surface area contributed by atoms with E-state index in [1.807, 2.05) is 0 Å². The third-order valence-electron chi connectivity index (χ3n) is 2.53. The highest BCUT2D eigenvalue weighted by molar-refractivity contribution is 7.89. The largest absolute Gasteiger partial charge is 0.353 e. The van der Waals surface area contributed by atoms with E-state index in [9.17, 15) is 17.6 Å². The van der Waals surface area contributed by atoms with Crippen LogP contribution in [0.1, 0.15) is 6.92 Å². The number of carbonyl (C=O) groups is 1. The Bertz CT molecular complexity index is 569. The van der Waals surface area contributed by atoms with Crippen molar-refractivity contribution in [1.82, 2.24) is 15.4 Å². The van der Waals surface area contributed by atoms with E-state index >= 15 is 0 Å². The monoisotopic (exact) mass is 339 g/mol. The van der Waals surface area contributed by atoms with Crippen LogP contribution in [0.25, 0.3) is 0 Å². The molecule has 0 aliphatic carbocycles. The number of amides is 1. The maximum atomic E-state index is 13.5. The molecule has 0 aliphatic rings. The van der Waals surface area contributed by atoms with Gasteiger partial charge in [-0.1, -0.05) is 12.1 Å². The zero-order chi connectivity index (χ0) is 15.2. The van der Waals surface area contributed by atoms with Crippen molar-refractivity contribution in [3.63, 3.8) is 0 Å². The smallest absolute Gasteiger partial charge is 0.244 e. The van der Waals surface area contributed by atoms with E-state index in [-0.39, 0.29) is 12.4 Å². The molecule has 0 heterocycles. The Morgan fingerprint density at radius 1 is 1.29 bits per heavy atom. The van der Waals surface area contributed by atoms with Gasteiger partial charge in [0.05, 0.1) is 6.04 Å². The van der Waals surface area contributed by atoms with E-state index in [0.29, 0.717) is 13.1 Å². The van der Waals surface area contributed by atoms with Crippen LogP contribution in [-0.2, 0) is 14.8 Å². The van der Waals surface area contributed by atoms with Gasteiger partial charge in [-0.2, -0.15) is 4.72 Å². The van der Waals surface area contributed by atoms with Gasteiger partial charge in [0.15, 0.2) is 0 Å². The molecule has 0 saturated carbocycles. The fraction of sp³-hybridized carbons (Fsp3) is 0.417. The normalized spacial score (nSPS) is 12.3. The minimum absolute atomic E-state index is 0. The molecule has 1 aromatic rings. The summed E-state index contributed by atoms with van der Waals surface area (Å²) >= 11 is 0. The molecule has 0 saturated heterocycles. The Morgan fingerprint density at radius 2 is 1.90 bits per heavy atom. The van der Waals surface area contributed by atoms with E-state index in [2.05, 4.69) is 15.4 Å². The summed E-state index contributed by atoms with van der Waals surface area (Å²) in [6.07, 6.45) is 0. The first-order valence-electron chi connectivity index (χ1n) is 6.07. The van der Waals surface area contributed by atoms with Crippen LogP contribution < -0.4 is 15.4 Å². The zero-order valence-electron chi connectivity index (χ0n) is 11.7. The van der Waals surface area contributed by atoms with Gasteiger partial charge in [-0.25, -0.2) is 12.8 Å². The highest BCUT2D eigenvalue weighted by atomic mass is 35.5. The molecular weight excluding hydrogens is 321 g/mol. The number of hydrogen-bond donors (Lipinski definition) is 3. The van der Waals surface area contributed by atoms with E-state index < -0.39 is 32.7 Å². The van der Waals surface area contributed by atoms with E-state index in [1.165, 1.54) is 19.1 Å². The molecule has 3 N–H and O–H groups in total. The fourth-order valence-electron chi connectivity index (χ4n) is 1.48. The fourth-order valence-corrected chi connectivity index (χ4v) is 2.76. The molecule has 120 valence electrons. The van der Waals surface area contributed by atoms with Crippen LogP contribution >= 0.6 is 12.4 Å². The Morgan fingerprint density at radius 3 is 2.48 bits per heavy atom. The van der Waals surface area contributed by atoms with Crippen LogP contribution in [0.3, 0.4) is 0 Å². The first-order chi connectivity index (χ1) is 9.38. The summed E-state index contributed by atoms with van der Waals surface area (Å²) < 4.78 is 39.5. The molecule has 0 bridgehead atoms. The molecule has 1 atom stereocenters. The van der Waals surface area contributed by atoms with Gasteiger partial charge in [-0.3, -0.25) is 4.79 Å². The Labute approximate surface area is 130 Å². The van der Waals surface area contributed by atoms with Crippen molar-refractivity contribution < 1.29 is 17.6 Å². The number of likely N-dealkylation sites (N-methyl/N-ethyl adjacent to an activating group) is 1. The van der Waals surface area contributed by atoms with Gasteiger partial charge < -0.3 is 10.6 Å². The van der Waals surface area contributed by atoms with Crippen molar-refractivity contribution >= 4 is 28.3 Å². The van der Waals surface area contributed by atoms with Gasteiger partial charge >= 0.3 is 0 Å². The molecule has 0 spiro atoms. The summed E-state index contributed by atoms with van der Waals surface area (Å²) in [4.78, 5) is 11.2. The molecule has 1 aromatic carbocycles. The predicted octanol–water partition coefficient (Wildman–Crippen LogP) is 0.250.